The molecule has 0 amide bonds. The predicted molar refractivity (Wildman–Crippen MR) is 313 cm³/mol. The third-order valence-electron chi connectivity index (χ3n) is 12.3. The average Bonchev–Trinajstić information content (AvgIpc) is 3.90. The molecule has 0 aliphatic rings. The molecule has 0 saturated heterocycles. The van der Waals surface area contributed by atoms with Gasteiger partial charge in [-0.2, -0.15) is 10.2 Å². The van der Waals surface area contributed by atoms with Crippen LogP contribution in [0.3, 0.4) is 0 Å². The van der Waals surface area contributed by atoms with Crippen LogP contribution in [0.5, 0.6) is 23.0 Å². The van der Waals surface area contributed by atoms with Gasteiger partial charge in [-0.25, -0.2) is 9.36 Å². The summed E-state index contributed by atoms with van der Waals surface area (Å²) in [5.74, 6) is 2.81. The van der Waals surface area contributed by atoms with Crippen molar-refractivity contribution in [3.63, 3.8) is 0 Å². The van der Waals surface area contributed by atoms with Gasteiger partial charge in [0.25, 0.3) is 0 Å². The largest absolute Gasteiger partial charge is 0.496 e. The van der Waals surface area contributed by atoms with E-state index in [9.17, 15) is 4.79 Å². The Kier molecular flexibility index (Phi) is 22.9. The lowest BCUT2D eigenvalue weighted by Gasteiger charge is -2.16. The lowest BCUT2D eigenvalue weighted by atomic mass is 10.0. The maximum absolute atomic E-state index is 11.6. The number of aromatic nitrogens is 4. The van der Waals surface area contributed by atoms with E-state index >= 15 is 0 Å². The molecule has 0 saturated carbocycles. The first kappa shape index (κ1) is 61.2. The molecule has 15 nitrogen and oxygen atoms in total. The number of hydrogen-bond acceptors (Lipinski definition) is 13. The third-order valence-corrected chi connectivity index (χ3v) is 19.1. The van der Waals surface area contributed by atoms with Gasteiger partial charge in [-0.05, 0) is 77.8 Å². The van der Waals surface area contributed by atoms with Crippen molar-refractivity contribution < 1.29 is 52.2 Å². The molecule has 6 aromatic rings. The average molecular weight is 1100 g/mol. The quantitative estimate of drug-likeness (QED) is 0.0183. The van der Waals surface area contributed by atoms with Crippen LogP contribution >= 0.6 is 0 Å². The van der Waals surface area contributed by atoms with Crippen molar-refractivity contribution in [1.82, 2.24) is 19.6 Å². The molecule has 0 spiro atoms. The summed E-state index contributed by atoms with van der Waals surface area (Å²) in [5, 5.41) is 11.0. The SMILES string of the molecule is COc1cc(OCOCC[Si](C)(C)C)ccc1-c1ccc2c(C(OC)OC)nn(COCC[Si](C)(C)C)c2c1.COc1cc(OCOCC[Si](C)(C)C)ccc1-c1ccc2c(C=O)nn(COCC[Si](C)(C)C)c2c1. The van der Waals surface area contributed by atoms with Crippen LogP contribution in [0.15, 0.2) is 72.8 Å². The number of fused-ring (bicyclic) bond motifs is 2. The first-order valence-electron chi connectivity index (χ1n) is 25.9. The maximum Gasteiger partial charge on any atom is 0.203 e. The molecule has 2 aromatic heterocycles. The molecule has 6 rings (SSSR count). The van der Waals surface area contributed by atoms with E-state index in [0.29, 0.717) is 56.2 Å². The topological polar surface area (TPSA) is 145 Å². The Morgan fingerprint density at radius 1 is 0.493 bits per heavy atom. The van der Waals surface area contributed by atoms with E-state index in [1.54, 1.807) is 33.1 Å². The van der Waals surface area contributed by atoms with Crippen LogP contribution in [0.1, 0.15) is 22.5 Å². The highest BCUT2D eigenvalue weighted by molar-refractivity contribution is 6.77. The van der Waals surface area contributed by atoms with E-state index in [1.165, 1.54) is 0 Å². The molecule has 0 fully saturated rings. The van der Waals surface area contributed by atoms with Crippen LogP contribution in [0, 0.1) is 0 Å². The van der Waals surface area contributed by atoms with Gasteiger partial charge in [0.05, 0.1) is 25.3 Å². The summed E-state index contributed by atoms with van der Waals surface area (Å²) in [7, 11) is 1.93. The van der Waals surface area contributed by atoms with Crippen molar-refractivity contribution >= 4 is 60.4 Å². The van der Waals surface area contributed by atoms with E-state index in [-0.39, 0.29) is 13.6 Å². The number of hydrogen-bond donors (Lipinski definition) is 0. The van der Waals surface area contributed by atoms with Crippen molar-refractivity contribution in [2.45, 2.75) is 122 Å². The molecular formula is C56H86N4O11Si4. The number of ether oxygens (including phenoxy) is 10. The molecule has 75 heavy (non-hydrogen) atoms. The summed E-state index contributed by atoms with van der Waals surface area (Å²) in [4.78, 5) is 11.6. The molecule has 0 unspecified atom stereocenters. The van der Waals surface area contributed by atoms with E-state index in [4.69, 9.17) is 52.5 Å². The summed E-state index contributed by atoms with van der Waals surface area (Å²) in [5.41, 5.74) is 6.75. The Hall–Kier alpha value is -4.68. The fourth-order valence-electron chi connectivity index (χ4n) is 7.66. The highest BCUT2D eigenvalue weighted by Crippen LogP contribution is 2.38. The lowest BCUT2D eigenvalue weighted by Crippen LogP contribution is -2.22. The minimum Gasteiger partial charge on any atom is -0.496 e. The number of nitrogens with zero attached hydrogens (tertiary/aromatic N) is 4. The van der Waals surface area contributed by atoms with Crippen LogP contribution in [-0.4, -0.2) is 127 Å². The first-order chi connectivity index (χ1) is 35.5. The van der Waals surface area contributed by atoms with Crippen molar-refractivity contribution in [3.05, 3.63) is 84.2 Å². The molecule has 0 bridgehead atoms. The van der Waals surface area contributed by atoms with Crippen LogP contribution < -0.4 is 18.9 Å². The lowest BCUT2D eigenvalue weighted by molar-refractivity contribution is -0.108. The van der Waals surface area contributed by atoms with Gasteiger partial charge in [-0.15, -0.1) is 0 Å². The van der Waals surface area contributed by atoms with E-state index in [2.05, 4.69) is 95.8 Å². The van der Waals surface area contributed by atoms with Crippen molar-refractivity contribution in [1.29, 1.82) is 0 Å². The monoisotopic (exact) mass is 1100 g/mol. The standard InChI is InChI=1S/C29H46N2O6Si2.C27H40N2O5Si2/c1-32-27-19-23(37-21-36-15-17-39(7,8)9)11-13-24(27)22-10-12-25-26(18-22)31(20-35-14-16-38(4,5)6)30-28(25)29(33-2)34-3;1-31-27-17-22(34-20-33-13-15-36(5,6)7)9-11-23(27)21-8-10-24-25(18-30)28-29(26(24)16-21)19-32-12-14-35(2,3)4/h10-13,18-19,29H,14-17,20-21H2,1-9H3;8-11,16-18H,12-15,19-20H2,1-7H3. The zero-order valence-corrected chi connectivity index (χ0v) is 51.8. The third kappa shape index (κ3) is 19.4. The van der Waals surface area contributed by atoms with E-state index < -0.39 is 38.6 Å². The molecule has 0 atom stereocenters. The zero-order chi connectivity index (χ0) is 55.0. The Balaban J connectivity index is 0.000000278. The molecule has 0 aliphatic carbocycles. The fourth-order valence-corrected chi connectivity index (χ4v) is 10.7. The molecule has 2 heterocycles. The van der Waals surface area contributed by atoms with Crippen LogP contribution in [0.2, 0.25) is 103 Å². The maximum atomic E-state index is 11.6. The number of methoxy groups -OCH3 is 4. The number of benzene rings is 4. The summed E-state index contributed by atoms with van der Waals surface area (Å²) in [6, 6.07) is 28.1. The van der Waals surface area contributed by atoms with Gasteiger partial charge in [0.15, 0.2) is 19.9 Å². The molecule has 19 heteroatoms. The number of carbonyl (C=O) groups is 1. The van der Waals surface area contributed by atoms with E-state index in [1.807, 2.05) is 65.3 Å². The zero-order valence-electron chi connectivity index (χ0n) is 47.8. The number of carbonyl (C=O) groups excluding carboxylic acids is 1. The van der Waals surface area contributed by atoms with Gasteiger partial charge < -0.3 is 47.4 Å². The summed E-state index contributed by atoms with van der Waals surface area (Å²) in [6.07, 6.45) is 0.222. The van der Waals surface area contributed by atoms with Gasteiger partial charge in [0.1, 0.15) is 47.8 Å². The van der Waals surface area contributed by atoms with Crippen molar-refractivity contribution in [3.8, 4) is 45.3 Å². The van der Waals surface area contributed by atoms with Gasteiger partial charge in [-0.3, -0.25) is 4.79 Å². The normalized spacial score (nSPS) is 12.3. The van der Waals surface area contributed by atoms with Gasteiger partial charge in [-0.1, -0.05) is 96.8 Å². The predicted octanol–water partition coefficient (Wildman–Crippen LogP) is 13.5. The van der Waals surface area contributed by atoms with Gasteiger partial charge in [0.2, 0.25) is 6.29 Å². The number of aldehydes is 1. The Bertz CT molecular complexity index is 2740. The Labute approximate surface area is 450 Å². The molecule has 0 radical (unpaired) electrons. The highest BCUT2D eigenvalue weighted by Gasteiger charge is 2.22. The van der Waals surface area contributed by atoms with Crippen molar-refractivity contribution in [2.24, 2.45) is 0 Å². The van der Waals surface area contributed by atoms with E-state index in [0.717, 1.165) is 92.6 Å². The molecule has 0 aliphatic heterocycles. The fraction of sp³-hybridized carbons (Fsp3) is 0.518. The molecule has 4 aromatic carbocycles. The molecule has 0 N–H and O–H groups in total. The molecule has 412 valence electrons. The van der Waals surface area contributed by atoms with Crippen LogP contribution in [0.25, 0.3) is 44.1 Å². The van der Waals surface area contributed by atoms with Gasteiger partial charge in [0, 0.05) is 107 Å². The van der Waals surface area contributed by atoms with Crippen LogP contribution in [-0.2, 0) is 41.9 Å². The molecular weight excluding hydrogens is 1020 g/mol. The van der Waals surface area contributed by atoms with Crippen molar-refractivity contribution in [2.75, 3.05) is 68.5 Å². The van der Waals surface area contributed by atoms with Crippen LogP contribution in [0.4, 0.5) is 0 Å². The Morgan fingerprint density at radius 3 is 1.29 bits per heavy atom. The number of rotatable bonds is 30. The summed E-state index contributed by atoms with van der Waals surface area (Å²) >= 11 is 0. The van der Waals surface area contributed by atoms with Gasteiger partial charge >= 0.3 is 0 Å². The Morgan fingerprint density at radius 2 is 0.893 bits per heavy atom. The highest BCUT2D eigenvalue weighted by atomic mass is 28.3. The first-order valence-corrected chi connectivity index (χ1v) is 40.7. The second-order valence-corrected chi connectivity index (χ2v) is 46.0. The summed E-state index contributed by atoms with van der Waals surface area (Å²) in [6.45, 7) is 31.9. The minimum atomic E-state index is -1.19. The minimum absolute atomic E-state index is 0.213. The summed E-state index contributed by atoms with van der Waals surface area (Å²) < 4.78 is 61.1. The second-order valence-electron chi connectivity index (χ2n) is 23.5. The second kappa shape index (κ2) is 28.1. The smallest absolute Gasteiger partial charge is 0.203 e.